The van der Waals surface area contributed by atoms with Crippen LogP contribution in [0.2, 0.25) is 0 Å². The molecule has 10 heteroatoms. The van der Waals surface area contributed by atoms with Crippen molar-refractivity contribution in [2.45, 2.75) is 17.8 Å². The van der Waals surface area contributed by atoms with Gasteiger partial charge in [0.2, 0.25) is 10.0 Å². The van der Waals surface area contributed by atoms with Crippen molar-refractivity contribution in [1.82, 2.24) is 4.72 Å². The largest absolute Gasteiger partial charge is 0.479 e. The second-order valence-corrected chi connectivity index (χ2v) is 8.05. The first-order chi connectivity index (χ1) is 7.64. The summed E-state index contributed by atoms with van der Waals surface area (Å²) in [6, 6.07) is 0. The average Bonchev–Trinajstić information content (AvgIpc) is 2.56. The van der Waals surface area contributed by atoms with Crippen LogP contribution in [-0.2, 0) is 24.7 Å². The third kappa shape index (κ3) is 3.91. The van der Waals surface area contributed by atoms with Crippen LogP contribution < -0.4 is 4.72 Å². The second kappa shape index (κ2) is 4.88. The highest BCUT2D eigenvalue weighted by Gasteiger charge is 2.37. The minimum Gasteiger partial charge on any atom is -0.479 e. The van der Waals surface area contributed by atoms with E-state index in [1.54, 1.807) is 0 Å². The van der Waals surface area contributed by atoms with E-state index in [1.807, 2.05) is 4.72 Å². The lowest BCUT2D eigenvalue weighted by Gasteiger charge is -2.12. The summed E-state index contributed by atoms with van der Waals surface area (Å²) >= 11 is 0. The normalized spacial score (nSPS) is 25.6. The molecule has 0 aliphatic carbocycles. The fourth-order valence-electron chi connectivity index (χ4n) is 1.41. The van der Waals surface area contributed by atoms with Gasteiger partial charge in [0.25, 0.3) is 0 Å². The summed E-state index contributed by atoms with van der Waals surface area (Å²) in [5.74, 6) is -2.21. The Morgan fingerprint density at radius 2 is 2.06 bits per heavy atom. The number of carboxylic acid groups (broad SMARTS) is 1. The number of hydrogen-bond donors (Lipinski definition) is 3. The molecule has 0 spiro atoms. The van der Waals surface area contributed by atoms with Crippen molar-refractivity contribution in [1.29, 1.82) is 0 Å². The van der Waals surface area contributed by atoms with Crippen LogP contribution in [0.1, 0.15) is 6.42 Å². The van der Waals surface area contributed by atoms with Crippen LogP contribution in [-0.4, -0.2) is 62.4 Å². The Balaban J connectivity index is 2.62. The first kappa shape index (κ1) is 14.4. The van der Waals surface area contributed by atoms with Gasteiger partial charge in [-0.2, -0.15) is 0 Å². The molecule has 100 valence electrons. The van der Waals surface area contributed by atoms with E-state index in [9.17, 15) is 21.6 Å². The topological polar surface area (TPSA) is 138 Å². The summed E-state index contributed by atoms with van der Waals surface area (Å²) in [5.41, 5.74) is 0. The molecule has 3 N–H and O–H groups in total. The number of sulfone groups is 1. The van der Waals surface area contributed by atoms with Crippen LogP contribution in [0.15, 0.2) is 0 Å². The highest BCUT2D eigenvalue weighted by atomic mass is 32.2. The highest BCUT2D eigenvalue weighted by molar-refractivity contribution is 7.95. The third-order valence-corrected chi connectivity index (χ3v) is 6.22. The molecule has 0 radical (unpaired) electrons. The zero-order chi connectivity index (χ0) is 13.3. The number of aliphatic carboxylic acids is 1. The van der Waals surface area contributed by atoms with E-state index in [1.165, 1.54) is 0 Å². The molecule has 0 amide bonds. The predicted molar refractivity (Wildman–Crippen MR) is 57.6 cm³/mol. The van der Waals surface area contributed by atoms with Crippen molar-refractivity contribution in [3.05, 3.63) is 0 Å². The van der Waals surface area contributed by atoms with Crippen molar-refractivity contribution in [3.63, 3.8) is 0 Å². The van der Waals surface area contributed by atoms with Gasteiger partial charge in [0.05, 0.1) is 16.8 Å². The SMILES string of the molecule is O=C(O)C(O)CNS(=O)(=O)C1CCS(=O)(=O)C1. The van der Waals surface area contributed by atoms with E-state index in [-0.39, 0.29) is 12.2 Å². The fraction of sp³-hybridized carbons (Fsp3) is 0.857. The summed E-state index contributed by atoms with van der Waals surface area (Å²) in [7, 11) is -7.24. The maximum absolute atomic E-state index is 11.6. The van der Waals surface area contributed by atoms with E-state index in [2.05, 4.69) is 0 Å². The fourth-order valence-corrected chi connectivity index (χ4v) is 5.49. The maximum atomic E-state index is 11.6. The molecule has 1 fully saturated rings. The third-order valence-electron chi connectivity index (χ3n) is 2.39. The molecule has 1 rings (SSSR count). The van der Waals surface area contributed by atoms with E-state index >= 15 is 0 Å². The van der Waals surface area contributed by atoms with Gasteiger partial charge in [-0.25, -0.2) is 26.4 Å². The molecule has 0 bridgehead atoms. The quantitative estimate of drug-likeness (QED) is 0.509. The number of nitrogens with one attached hydrogen (secondary N) is 1. The summed E-state index contributed by atoms with van der Waals surface area (Å²) in [6.45, 7) is -0.672. The van der Waals surface area contributed by atoms with Crippen molar-refractivity contribution in [2.75, 3.05) is 18.1 Å². The maximum Gasteiger partial charge on any atom is 0.333 e. The summed E-state index contributed by atoms with van der Waals surface area (Å²) in [5, 5.41) is 16.2. The molecule has 1 aliphatic rings. The van der Waals surface area contributed by atoms with Crippen LogP contribution in [0.4, 0.5) is 0 Å². The summed E-state index contributed by atoms with van der Waals surface area (Å²) < 4.78 is 47.2. The Bertz CT molecular complexity index is 494. The molecular weight excluding hydrogens is 274 g/mol. The van der Waals surface area contributed by atoms with Gasteiger partial charge in [-0.05, 0) is 6.42 Å². The Morgan fingerprint density at radius 1 is 1.47 bits per heavy atom. The van der Waals surface area contributed by atoms with Gasteiger partial charge >= 0.3 is 5.97 Å². The highest BCUT2D eigenvalue weighted by Crippen LogP contribution is 2.17. The van der Waals surface area contributed by atoms with Crippen molar-refractivity contribution < 1.29 is 31.8 Å². The number of sulfonamides is 1. The monoisotopic (exact) mass is 287 g/mol. The van der Waals surface area contributed by atoms with Gasteiger partial charge in [0.15, 0.2) is 15.9 Å². The first-order valence-electron chi connectivity index (χ1n) is 4.74. The van der Waals surface area contributed by atoms with E-state index in [4.69, 9.17) is 10.2 Å². The molecular formula is C7H13NO7S2. The van der Waals surface area contributed by atoms with Crippen molar-refractivity contribution in [2.24, 2.45) is 0 Å². The number of carbonyl (C=O) groups is 1. The minimum atomic E-state index is -3.91. The van der Waals surface area contributed by atoms with E-state index in [0.29, 0.717) is 0 Å². The molecule has 8 nitrogen and oxygen atoms in total. The summed E-state index contributed by atoms with van der Waals surface area (Å²) in [4.78, 5) is 10.3. The van der Waals surface area contributed by atoms with Gasteiger partial charge in [-0.15, -0.1) is 0 Å². The average molecular weight is 287 g/mol. The first-order valence-corrected chi connectivity index (χ1v) is 8.10. The van der Waals surface area contributed by atoms with Crippen LogP contribution in [0.3, 0.4) is 0 Å². The molecule has 0 aromatic carbocycles. The lowest BCUT2D eigenvalue weighted by molar-refractivity contribution is -0.146. The lowest BCUT2D eigenvalue weighted by atomic mass is 10.4. The van der Waals surface area contributed by atoms with Gasteiger partial charge in [-0.3, -0.25) is 0 Å². The van der Waals surface area contributed by atoms with Gasteiger partial charge < -0.3 is 10.2 Å². The van der Waals surface area contributed by atoms with Gasteiger partial charge in [0, 0.05) is 6.54 Å². The molecule has 0 aromatic heterocycles. The number of carboxylic acids is 1. The molecule has 17 heavy (non-hydrogen) atoms. The summed E-state index contributed by atoms with van der Waals surface area (Å²) in [6.07, 6.45) is -1.86. The van der Waals surface area contributed by atoms with E-state index < -0.39 is 49.5 Å². The molecule has 2 atom stereocenters. The molecule has 1 saturated heterocycles. The zero-order valence-corrected chi connectivity index (χ0v) is 10.4. The Kier molecular flexibility index (Phi) is 4.12. The number of aliphatic hydroxyl groups is 1. The van der Waals surface area contributed by atoms with Crippen LogP contribution in [0.5, 0.6) is 0 Å². The Morgan fingerprint density at radius 3 is 2.47 bits per heavy atom. The lowest BCUT2D eigenvalue weighted by Crippen LogP contribution is -2.41. The molecule has 0 aromatic rings. The van der Waals surface area contributed by atoms with Crippen LogP contribution in [0.25, 0.3) is 0 Å². The Labute approximate surface area is 98.6 Å². The van der Waals surface area contributed by atoms with Crippen molar-refractivity contribution in [3.8, 4) is 0 Å². The zero-order valence-electron chi connectivity index (χ0n) is 8.74. The molecule has 1 aliphatic heterocycles. The Hall–Kier alpha value is -0.710. The minimum absolute atomic E-state index is 0.0131. The molecule has 0 saturated carbocycles. The molecule has 2 unspecified atom stereocenters. The second-order valence-electron chi connectivity index (χ2n) is 3.77. The predicted octanol–water partition coefficient (Wildman–Crippen LogP) is -2.46. The number of hydrogen-bond acceptors (Lipinski definition) is 6. The molecule has 1 heterocycles. The smallest absolute Gasteiger partial charge is 0.333 e. The van der Waals surface area contributed by atoms with Crippen LogP contribution in [0, 0.1) is 0 Å². The van der Waals surface area contributed by atoms with Crippen LogP contribution >= 0.6 is 0 Å². The van der Waals surface area contributed by atoms with E-state index in [0.717, 1.165) is 0 Å². The number of rotatable bonds is 5. The van der Waals surface area contributed by atoms with Gasteiger partial charge in [0.1, 0.15) is 0 Å². The standard InChI is InChI=1S/C7H13NO7S2/c9-6(7(10)11)3-8-17(14,15)5-1-2-16(12,13)4-5/h5-6,8-9H,1-4H2,(H,10,11). The van der Waals surface area contributed by atoms with Gasteiger partial charge in [-0.1, -0.05) is 0 Å². The van der Waals surface area contributed by atoms with Crippen molar-refractivity contribution >= 4 is 25.8 Å². The number of aliphatic hydroxyl groups excluding tert-OH is 1.